The van der Waals surface area contributed by atoms with Crippen LogP contribution in [0.4, 0.5) is 0 Å². The van der Waals surface area contributed by atoms with Gasteiger partial charge >= 0.3 is 0 Å². The van der Waals surface area contributed by atoms with Crippen LogP contribution in [-0.4, -0.2) is 25.0 Å². The number of aliphatic hydroxyl groups excluding tert-OH is 1. The minimum absolute atomic E-state index is 0. The Morgan fingerprint density at radius 3 is 1.68 bits per heavy atom. The van der Waals surface area contributed by atoms with Crippen LogP contribution in [0.2, 0.25) is 0 Å². The second-order valence-electron chi connectivity index (χ2n) is 5.86. The first-order valence-corrected chi connectivity index (χ1v) is 8.57. The summed E-state index contributed by atoms with van der Waals surface area (Å²) in [5.41, 5.74) is 5.46. The third-order valence-corrected chi connectivity index (χ3v) is 3.78. The standard InChI is InChI=1S/C12H12N2O.C10H8N2.Ru/c1-9-2-4-13-11(6-9)12-7-10(8-15)3-5-14-12;1-3-7-11-9(5-1)10-6-2-4-8-12-10;/h2-7,15H,8H2,1H3;1-8H;. The van der Waals surface area contributed by atoms with Crippen LogP contribution >= 0.6 is 0 Å². The van der Waals surface area contributed by atoms with Crippen molar-refractivity contribution in [2.75, 3.05) is 0 Å². The summed E-state index contributed by atoms with van der Waals surface area (Å²) >= 11 is 0. The van der Waals surface area contributed by atoms with Gasteiger partial charge in [0.1, 0.15) is 0 Å². The molecule has 0 unspecified atom stereocenters. The average Bonchev–Trinajstić information content (AvgIpc) is 2.75. The van der Waals surface area contributed by atoms with Crippen LogP contribution in [-0.2, 0) is 26.1 Å². The monoisotopic (exact) mass is 458 g/mol. The number of aromatic nitrogens is 4. The smallest absolute Gasteiger partial charge is 0.0889 e. The maximum Gasteiger partial charge on any atom is 0.0889 e. The second kappa shape index (κ2) is 11.1. The van der Waals surface area contributed by atoms with E-state index in [0.717, 1.165) is 33.9 Å². The molecule has 1 N–H and O–H groups in total. The summed E-state index contributed by atoms with van der Waals surface area (Å²) in [6.45, 7) is 2.04. The molecule has 28 heavy (non-hydrogen) atoms. The Labute approximate surface area is 177 Å². The van der Waals surface area contributed by atoms with Crippen molar-refractivity contribution in [2.45, 2.75) is 13.5 Å². The van der Waals surface area contributed by atoms with Crippen LogP contribution in [0.1, 0.15) is 11.1 Å². The normalized spacial score (nSPS) is 9.64. The Bertz CT molecular complexity index is 944. The Kier molecular flexibility index (Phi) is 8.53. The van der Waals surface area contributed by atoms with Gasteiger partial charge in [-0.25, -0.2) is 0 Å². The van der Waals surface area contributed by atoms with Gasteiger partial charge < -0.3 is 5.11 Å². The van der Waals surface area contributed by atoms with E-state index in [0.29, 0.717) is 0 Å². The first-order valence-electron chi connectivity index (χ1n) is 8.57. The molecule has 0 radical (unpaired) electrons. The van der Waals surface area contributed by atoms with Gasteiger partial charge in [0.25, 0.3) is 0 Å². The summed E-state index contributed by atoms with van der Waals surface area (Å²) < 4.78 is 0. The Balaban J connectivity index is 0.000000198. The van der Waals surface area contributed by atoms with E-state index in [-0.39, 0.29) is 26.1 Å². The van der Waals surface area contributed by atoms with Crippen molar-refractivity contribution in [3.63, 3.8) is 0 Å². The zero-order chi connectivity index (χ0) is 18.9. The fourth-order valence-corrected chi connectivity index (χ4v) is 2.42. The van der Waals surface area contributed by atoms with Crippen molar-refractivity contribution in [1.29, 1.82) is 0 Å². The van der Waals surface area contributed by atoms with Crippen LogP contribution in [0.3, 0.4) is 0 Å². The summed E-state index contributed by atoms with van der Waals surface area (Å²) in [4.78, 5) is 16.8. The zero-order valence-electron chi connectivity index (χ0n) is 15.4. The van der Waals surface area contributed by atoms with Gasteiger partial charge in [-0.2, -0.15) is 0 Å². The number of aliphatic hydroxyl groups is 1. The van der Waals surface area contributed by atoms with E-state index in [2.05, 4.69) is 19.9 Å². The molecule has 0 fully saturated rings. The molecule has 0 saturated carbocycles. The Hall–Kier alpha value is -2.82. The van der Waals surface area contributed by atoms with Gasteiger partial charge in [0.2, 0.25) is 0 Å². The molecule has 0 atom stereocenters. The van der Waals surface area contributed by atoms with E-state index in [9.17, 15) is 0 Å². The van der Waals surface area contributed by atoms with Crippen molar-refractivity contribution >= 4 is 0 Å². The predicted molar refractivity (Wildman–Crippen MR) is 106 cm³/mol. The van der Waals surface area contributed by atoms with E-state index in [1.54, 1.807) is 30.9 Å². The molecule has 0 aliphatic rings. The molecule has 0 amide bonds. The molecule has 0 aliphatic heterocycles. The molecule has 6 heteroatoms. The molecule has 142 valence electrons. The molecule has 4 aromatic rings. The maximum absolute atomic E-state index is 9.02. The molecule has 0 saturated heterocycles. The quantitative estimate of drug-likeness (QED) is 0.470. The Morgan fingerprint density at radius 1 is 0.643 bits per heavy atom. The molecule has 4 heterocycles. The minimum atomic E-state index is 0. The van der Waals surface area contributed by atoms with E-state index in [4.69, 9.17) is 5.11 Å². The fourth-order valence-electron chi connectivity index (χ4n) is 2.42. The van der Waals surface area contributed by atoms with Gasteiger partial charge in [0.15, 0.2) is 0 Å². The summed E-state index contributed by atoms with van der Waals surface area (Å²) in [7, 11) is 0. The van der Waals surface area contributed by atoms with Crippen molar-refractivity contribution in [3.05, 3.63) is 96.6 Å². The van der Waals surface area contributed by atoms with Gasteiger partial charge in [-0.3, -0.25) is 19.9 Å². The van der Waals surface area contributed by atoms with Gasteiger partial charge in [0, 0.05) is 44.3 Å². The van der Waals surface area contributed by atoms with E-state index in [1.807, 2.05) is 61.5 Å². The number of rotatable bonds is 3. The van der Waals surface area contributed by atoms with Crippen LogP contribution < -0.4 is 0 Å². The largest absolute Gasteiger partial charge is 0.392 e. The summed E-state index contributed by atoms with van der Waals surface area (Å²) in [6.07, 6.45) is 6.98. The predicted octanol–water partition coefficient (Wildman–Crippen LogP) is 4.09. The molecular weight excluding hydrogens is 437 g/mol. The first-order chi connectivity index (χ1) is 13.3. The topological polar surface area (TPSA) is 71.8 Å². The third kappa shape index (κ3) is 6.12. The molecule has 0 bridgehead atoms. The SMILES string of the molecule is Cc1ccnc(-c2cc(CO)ccn2)c1.[Ru].c1ccc(-c2ccccn2)nc1. The number of pyridine rings is 4. The number of aryl methyl sites for hydroxylation is 1. The Morgan fingerprint density at radius 2 is 1.18 bits per heavy atom. The number of nitrogens with zero attached hydrogens (tertiary/aromatic N) is 4. The number of hydrogen-bond acceptors (Lipinski definition) is 5. The molecule has 5 nitrogen and oxygen atoms in total. The molecular formula is C22H20N4ORu. The van der Waals surface area contributed by atoms with Gasteiger partial charge in [0.05, 0.1) is 29.4 Å². The van der Waals surface area contributed by atoms with Crippen molar-refractivity contribution in [1.82, 2.24) is 19.9 Å². The van der Waals surface area contributed by atoms with E-state index < -0.39 is 0 Å². The molecule has 4 aromatic heterocycles. The fraction of sp³-hybridized carbons (Fsp3) is 0.0909. The van der Waals surface area contributed by atoms with Crippen LogP contribution in [0.15, 0.2) is 85.5 Å². The molecule has 4 rings (SSSR count). The van der Waals surface area contributed by atoms with Crippen molar-refractivity contribution in [3.8, 4) is 22.8 Å². The van der Waals surface area contributed by atoms with Crippen molar-refractivity contribution in [2.24, 2.45) is 0 Å². The summed E-state index contributed by atoms with van der Waals surface area (Å²) in [6, 6.07) is 19.2. The summed E-state index contributed by atoms with van der Waals surface area (Å²) in [5, 5.41) is 9.02. The molecule has 0 aromatic carbocycles. The van der Waals surface area contributed by atoms with Crippen LogP contribution in [0.25, 0.3) is 22.8 Å². The van der Waals surface area contributed by atoms with Gasteiger partial charge in [-0.15, -0.1) is 0 Å². The van der Waals surface area contributed by atoms with Gasteiger partial charge in [-0.05, 0) is 66.6 Å². The van der Waals surface area contributed by atoms with Crippen LogP contribution in [0.5, 0.6) is 0 Å². The average molecular weight is 457 g/mol. The van der Waals surface area contributed by atoms with Crippen molar-refractivity contribution < 1.29 is 24.6 Å². The number of hydrogen-bond donors (Lipinski definition) is 1. The first kappa shape index (κ1) is 21.5. The van der Waals surface area contributed by atoms with Crippen LogP contribution in [0, 0.1) is 6.92 Å². The van der Waals surface area contributed by atoms with E-state index >= 15 is 0 Å². The van der Waals surface area contributed by atoms with E-state index in [1.165, 1.54) is 0 Å². The minimum Gasteiger partial charge on any atom is -0.392 e. The molecule has 0 spiro atoms. The zero-order valence-corrected chi connectivity index (χ0v) is 17.1. The van der Waals surface area contributed by atoms with Gasteiger partial charge in [-0.1, -0.05) is 12.1 Å². The maximum atomic E-state index is 9.02. The summed E-state index contributed by atoms with van der Waals surface area (Å²) in [5.74, 6) is 0. The second-order valence-corrected chi connectivity index (χ2v) is 5.86. The molecule has 0 aliphatic carbocycles. The third-order valence-electron chi connectivity index (χ3n) is 3.78.